The molecule has 0 amide bonds. The van der Waals surface area contributed by atoms with Crippen LogP contribution in [0.1, 0.15) is 42.0 Å². The predicted molar refractivity (Wildman–Crippen MR) is 99.1 cm³/mol. The number of hydrogen-bond acceptors (Lipinski definition) is 5. The number of phenolic OH excluding ortho intramolecular Hbond substituents is 1. The van der Waals surface area contributed by atoms with Crippen LogP contribution in [0.4, 0.5) is 0 Å². The van der Waals surface area contributed by atoms with Crippen LogP contribution >= 0.6 is 0 Å². The molecule has 0 aromatic heterocycles. The SMILES string of the molecule is Cc1c(CN2CCOCC2)cc(C(C)C)c(O)c1CN1CCOCC1. The molecular weight excluding hydrogens is 316 g/mol. The van der Waals surface area contributed by atoms with E-state index in [1.54, 1.807) is 0 Å². The van der Waals surface area contributed by atoms with Gasteiger partial charge in [0.15, 0.2) is 0 Å². The molecule has 0 radical (unpaired) electrons. The second kappa shape index (κ2) is 8.49. The average molecular weight is 348 g/mol. The smallest absolute Gasteiger partial charge is 0.123 e. The lowest BCUT2D eigenvalue weighted by Crippen LogP contribution is -2.37. The quantitative estimate of drug-likeness (QED) is 0.886. The molecule has 25 heavy (non-hydrogen) atoms. The molecule has 1 N–H and O–H groups in total. The Bertz CT molecular complexity index is 577. The Kier molecular flexibility index (Phi) is 6.34. The second-order valence-electron chi connectivity index (χ2n) is 7.51. The van der Waals surface area contributed by atoms with Gasteiger partial charge < -0.3 is 14.6 Å². The Labute approximate surface area is 151 Å². The normalized spacial score (nSPS) is 20.3. The molecule has 5 nitrogen and oxygen atoms in total. The van der Waals surface area contributed by atoms with E-state index in [1.807, 2.05) is 0 Å². The van der Waals surface area contributed by atoms with Crippen LogP contribution in [-0.4, -0.2) is 67.5 Å². The molecule has 0 aliphatic carbocycles. The van der Waals surface area contributed by atoms with Gasteiger partial charge in [-0.3, -0.25) is 9.80 Å². The van der Waals surface area contributed by atoms with E-state index in [0.717, 1.165) is 76.8 Å². The first-order chi connectivity index (χ1) is 12.1. The van der Waals surface area contributed by atoms with E-state index in [2.05, 4.69) is 36.6 Å². The van der Waals surface area contributed by atoms with E-state index in [1.165, 1.54) is 11.1 Å². The topological polar surface area (TPSA) is 45.2 Å². The van der Waals surface area contributed by atoms with Gasteiger partial charge in [-0.1, -0.05) is 19.9 Å². The van der Waals surface area contributed by atoms with Crippen LogP contribution in [-0.2, 0) is 22.6 Å². The Morgan fingerprint density at radius 3 is 2.00 bits per heavy atom. The number of benzene rings is 1. The number of ether oxygens (including phenoxy) is 2. The minimum atomic E-state index is 0.312. The van der Waals surface area contributed by atoms with Gasteiger partial charge in [0.25, 0.3) is 0 Å². The van der Waals surface area contributed by atoms with E-state index >= 15 is 0 Å². The van der Waals surface area contributed by atoms with Gasteiger partial charge in [-0.05, 0) is 29.5 Å². The predicted octanol–water partition coefficient (Wildman–Crippen LogP) is 2.49. The molecule has 2 aliphatic rings. The summed E-state index contributed by atoms with van der Waals surface area (Å²) in [6.45, 7) is 15.2. The standard InChI is InChI=1S/C20H32N2O3/c1-15(2)18-12-17(13-21-4-8-24-9-5-21)16(3)19(20(18)23)14-22-6-10-25-11-7-22/h12,15,23H,4-11,13-14H2,1-3H3. The van der Waals surface area contributed by atoms with Gasteiger partial charge in [-0.15, -0.1) is 0 Å². The fourth-order valence-corrected chi connectivity index (χ4v) is 3.69. The number of morpholine rings is 2. The van der Waals surface area contributed by atoms with Crippen LogP contribution in [0.15, 0.2) is 6.07 Å². The van der Waals surface area contributed by atoms with Crippen molar-refractivity contribution in [2.24, 2.45) is 0 Å². The lowest BCUT2D eigenvalue weighted by Gasteiger charge is -2.31. The van der Waals surface area contributed by atoms with Crippen LogP contribution in [0, 0.1) is 6.92 Å². The van der Waals surface area contributed by atoms with Gasteiger partial charge >= 0.3 is 0 Å². The molecule has 3 rings (SSSR count). The molecule has 5 heteroatoms. The highest BCUT2D eigenvalue weighted by Gasteiger charge is 2.21. The maximum absolute atomic E-state index is 10.9. The van der Waals surface area contributed by atoms with Crippen molar-refractivity contribution in [2.75, 3.05) is 52.6 Å². The first kappa shape index (κ1) is 18.6. The van der Waals surface area contributed by atoms with Crippen molar-refractivity contribution in [2.45, 2.75) is 39.8 Å². The molecule has 2 saturated heterocycles. The molecule has 0 spiro atoms. The Balaban J connectivity index is 1.88. The van der Waals surface area contributed by atoms with E-state index in [0.29, 0.717) is 11.7 Å². The number of phenols is 1. The minimum absolute atomic E-state index is 0.312. The van der Waals surface area contributed by atoms with Crippen molar-refractivity contribution in [3.05, 3.63) is 28.3 Å². The van der Waals surface area contributed by atoms with Gasteiger partial charge in [-0.25, -0.2) is 0 Å². The van der Waals surface area contributed by atoms with Crippen molar-refractivity contribution in [3.63, 3.8) is 0 Å². The molecule has 140 valence electrons. The lowest BCUT2D eigenvalue weighted by molar-refractivity contribution is 0.0329. The third-order valence-electron chi connectivity index (χ3n) is 5.43. The van der Waals surface area contributed by atoms with Crippen molar-refractivity contribution >= 4 is 0 Å². The number of hydrogen-bond donors (Lipinski definition) is 1. The van der Waals surface area contributed by atoms with Gasteiger partial charge in [0.05, 0.1) is 26.4 Å². The first-order valence-corrected chi connectivity index (χ1v) is 9.50. The van der Waals surface area contributed by atoms with Gasteiger partial charge in [0, 0.05) is 44.8 Å². The molecule has 0 atom stereocenters. The number of nitrogens with zero attached hydrogens (tertiary/aromatic N) is 2. The van der Waals surface area contributed by atoms with Gasteiger partial charge in [0.2, 0.25) is 0 Å². The molecule has 2 aliphatic heterocycles. The molecule has 1 aromatic carbocycles. The summed E-state index contributed by atoms with van der Waals surface area (Å²) < 4.78 is 10.9. The van der Waals surface area contributed by atoms with Crippen LogP contribution in [0.5, 0.6) is 5.75 Å². The molecule has 2 fully saturated rings. The van der Waals surface area contributed by atoms with E-state index in [-0.39, 0.29) is 0 Å². The number of aromatic hydroxyl groups is 1. The Morgan fingerprint density at radius 2 is 1.48 bits per heavy atom. The highest BCUT2D eigenvalue weighted by atomic mass is 16.5. The molecule has 1 aromatic rings. The monoisotopic (exact) mass is 348 g/mol. The molecule has 0 saturated carbocycles. The zero-order valence-electron chi connectivity index (χ0n) is 15.9. The van der Waals surface area contributed by atoms with Crippen molar-refractivity contribution in [1.82, 2.24) is 9.80 Å². The van der Waals surface area contributed by atoms with E-state index in [9.17, 15) is 5.11 Å². The van der Waals surface area contributed by atoms with Crippen molar-refractivity contribution in [1.29, 1.82) is 0 Å². The maximum Gasteiger partial charge on any atom is 0.123 e. The zero-order chi connectivity index (χ0) is 17.8. The van der Waals surface area contributed by atoms with Crippen LogP contribution in [0.25, 0.3) is 0 Å². The highest BCUT2D eigenvalue weighted by molar-refractivity contribution is 5.50. The van der Waals surface area contributed by atoms with E-state index in [4.69, 9.17) is 9.47 Å². The zero-order valence-corrected chi connectivity index (χ0v) is 15.9. The fraction of sp³-hybridized carbons (Fsp3) is 0.700. The summed E-state index contributed by atoms with van der Waals surface area (Å²) in [4.78, 5) is 4.83. The lowest BCUT2D eigenvalue weighted by atomic mass is 9.91. The summed E-state index contributed by atoms with van der Waals surface area (Å²) in [7, 11) is 0. The van der Waals surface area contributed by atoms with Crippen LogP contribution < -0.4 is 0 Å². The summed E-state index contributed by atoms with van der Waals surface area (Å²) in [5.74, 6) is 0.803. The molecule has 0 unspecified atom stereocenters. The fourth-order valence-electron chi connectivity index (χ4n) is 3.69. The van der Waals surface area contributed by atoms with Gasteiger partial charge in [-0.2, -0.15) is 0 Å². The third kappa shape index (κ3) is 4.53. The first-order valence-electron chi connectivity index (χ1n) is 9.50. The van der Waals surface area contributed by atoms with Crippen molar-refractivity contribution in [3.8, 4) is 5.75 Å². The third-order valence-corrected chi connectivity index (χ3v) is 5.43. The van der Waals surface area contributed by atoms with Crippen molar-refractivity contribution < 1.29 is 14.6 Å². The highest BCUT2D eigenvalue weighted by Crippen LogP contribution is 2.35. The number of rotatable bonds is 5. The maximum atomic E-state index is 10.9. The summed E-state index contributed by atoms with van der Waals surface area (Å²) in [6, 6.07) is 2.22. The largest absolute Gasteiger partial charge is 0.507 e. The Hall–Kier alpha value is -1.14. The van der Waals surface area contributed by atoms with Gasteiger partial charge in [0.1, 0.15) is 5.75 Å². The average Bonchev–Trinajstić information content (AvgIpc) is 2.62. The summed E-state index contributed by atoms with van der Waals surface area (Å²) in [5.41, 5.74) is 4.74. The Morgan fingerprint density at radius 1 is 0.960 bits per heavy atom. The molecule has 0 bridgehead atoms. The summed E-state index contributed by atoms with van der Waals surface area (Å²) >= 11 is 0. The summed E-state index contributed by atoms with van der Waals surface area (Å²) in [5, 5.41) is 10.9. The minimum Gasteiger partial charge on any atom is -0.507 e. The van der Waals surface area contributed by atoms with Crippen LogP contribution in [0.3, 0.4) is 0 Å². The van der Waals surface area contributed by atoms with Crippen LogP contribution in [0.2, 0.25) is 0 Å². The second-order valence-corrected chi connectivity index (χ2v) is 7.51. The molecule has 2 heterocycles. The van der Waals surface area contributed by atoms with E-state index < -0.39 is 0 Å². The summed E-state index contributed by atoms with van der Waals surface area (Å²) in [6.07, 6.45) is 0. The molecular formula is C20H32N2O3.